The van der Waals surface area contributed by atoms with Crippen LogP contribution in [-0.2, 0) is 5.75 Å². The normalized spacial score (nSPS) is 10.6. The molecule has 2 aromatic carbocycles. The van der Waals surface area contributed by atoms with Crippen LogP contribution in [0, 0.1) is 11.6 Å². The van der Waals surface area contributed by atoms with Gasteiger partial charge in [0.25, 0.3) is 5.91 Å². The van der Waals surface area contributed by atoms with E-state index >= 15 is 0 Å². The second-order valence-corrected chi connectivity index (χ2v) is 5.75. The molecule has 0 spiro atoms. The predicted molar refractivity (Wildman–Crippen MR) is 86.7 cm³/mol. The molecule has 1 heterocycles. The number of aromatic amines is 1. The van der Waals surface area contributed by atoms with Crippen LogP contribution in [0.1, 0.15) is 15.9 Å². The highest BCUT2D eigenvalue weighted by atomic mass is 32.2. The summed E-state index contributed by atoms with van der Waals surface area (Å²) in [4.78, 5) is 16.1. The molecule has 122 valence electrons. The molecule has 1 aromatic heterocycles. The number of hydrogen-bond acceptors (Lipinski definition) is 4. The number of rotatable bonds is 5. The van der Waals surface area contributed by atoms with Crippen LogP contribution in [0.5, 0.6) is 0 Å². The van der Waals surface area contributed by atoms with Gasteiger partial charge in [0.2, 0.25) is 11.1 Å². The molecule has 1 amide bonds. The zero-order valence-corrected chi connectivity index (χ0v) is 13.1. The summed E-state index contributed by atoms with van der Waals surface area (Å²) in [6.07, 6.45) is 0. The van der Waals surface area contributed by atoms with Crippen LogP contribution in [0.15, 0.2) is 53.7 Å². The van der Waals surface area contributed by atoms with Gasteiger partial charge in [-0.15, -0.1) is 5.10 Å². The van der Waals surface area contributed by atoms with Crippen molar-refractivity contribution >= 4 is 23.6 Å². The van der Waals surface area contributed by atoms with Gasteiger partial charge in [-0.05, 0) is 35.9 Å². The van der Waals surface area contributed by atoms with Gasteiger partial charge in [-0.2, -0.15) is 4.98 Å². The lowest BCUT2D eigenvalue weighted by molar-refractivity contribution is 0.102. The third-order valence-electron chi connectivity index (χ3n) is 3.12. The van der Waals surface area contributed by atoms with Crippen LogP contribution < -0.4 is 5.32 Å². The van der Waals surface area contributed by atoms with E-state index in [9.17, 15) is 13.6 Å². The highest BCUT2D eigenvalue weighted by Gasteiger charge is 2.11. The first kappa shape index (κ1) is 16.1. The van der Waals surface area contributed by atoms with Crippen molar-refractivity contribution in [3.05, 3.63) is 71.3 Å². The number of aromatic nitrogens is 3. The fourth-order valence-corrected chi connectivity index (χ4v) is 2.69. The molecular formula is C16H12F2N4OS. The largest absolute Gasteiger partial charge is 0.291 e. The number of nitrogens with zero attached hydrogens (tertiary/aromatic N) is 2. The van der Waals surface area contributed by atoms with Crippen LogP contribution >= 0.6 is 11.8 Å². The minimum atomic E-state index is -0.434. The zero-order valence-electron chi connectivity index (χ0n) is 12.3. The summed E-state index contributed by atoms with van der Waals surface area (Å²) in [7, 11) is 0. The molecule has 0 bridgehead atoms. The van der Waals surface area contributed by atoms with Crippen LogP contribution in [0.25, 0.3) is 0 Å². The standard InChI is InChI=1S/C16H12F2N4OS/c17-12-7-5-10(6-8-12)14(23)19-15-20-16(22-21-15)24-9-11-3-1-2-4-13(11)18/h1-8H,9H2,(H2,19,20,21,22,23). The Bertz CT molecular complexity index is 851. The minimum absolute atomic E-state index is 0.167. The van der Waals surface area contributed by atoms with E-state index in [-0.39, 0.29) is 11.8 Å². The molecule has 0 radical (unpaired) electrons. The van der Waals surface area contributed by atoms with Crippen molar-refractivity contribution in [1.82, 2.24) is 15.2 Å². The minimum Gasteiger partial charge on any atom is -0.291 e. The van der Waals surface area contributed by atoms with Gasteiger partial charge in [-0.25, -0.2) is 13.9 Å². The molecular weight excluding hydrogens is 334 g/mol. The second-order valence-electron chi connectivity index (χ2n) is 4.81. The fourth-order valence-electron chi connectivity index (χ4n) is 1.91. The van der Waals surface area contributed by atoms with Crippen LogP contribution in [0.2, 0.25) is 0 Å². The van der Waals surface area contributed by atoms with Crippen molar-refractivity contribution in [2.75, 3.05) is 5.32 Å². The summed E-state index contributed by atoms with van der Waals surface area (Å²) in [5.74, 6) is -0.601. The number of carbonyl (C=O) groups excluding carboxylic acids is 1. The molecule has 3 aromatic rings. The number of carbonyl (C=O) groups is 1. The average Bonchev–Trinajstić information content (AvgIpc) is 3.02. The van der Waals surface area contributed by atoms with Crippen molar-refractivity contribution in [3.8, 4) is 0 Å². The molecule has 0 fully saturated rings. The van der Waals surface area contributed by atoms with Gasteiger partial charge in [0.15, 0.2) is 0 Å². The monoisotopic (exact) mass is 346 g/mol. The number of hydrogen-bond donors (Lipinski definition) is 2. The first-order valence-electron chi connectivity index (χ1n) is 6.97. The SMILES string of the molecule is O=C(Nc1nc(SCc2ccccc2F)n[nH]1)c1ccc(F)cc1. The molecule has 24 heavy (non-hydrogen) atoms. The second kappa shape index (κ2) is 7.22. The number of halogens is 2. The van der Waals surface area contributed by atoms with Crippen LogP contribution in [-0.4, -0.2) is 21.1 Å². The Morgan fingerprint density at radius 1 is 1.12 bits per heavy atom. The maximum absolute atomic E-state index is 13.5. The number of H-pyrrole nitrogens is 1. The van der Waals surface area contributed by atoms with Gasteiger partial charge in [-0.3, -0.25) is 10.1 Å². The Labute approximate surface area is 140 Å². The Kier molecular flexibility index (Phi) is 4.85. The van der Waals surface area contributed by atoms with Gasteiger partial charge in [0.1, 0.15) is 11.6 Å². The molecule has 0 aliphatic rings. The van der Waals surface area contributed by atoms with Gasteiger partial charge < -0.3 is 0 Å². The molecule has 2 N–H and O–H groups in total. The Balaban J connectivity index is 1.60. The number of thioether (sulfide) groups is 1. The number of benzene rings is 2. The lowest BCUT2D eigenvalue weighted by Gasteiger charge is -2.01. The van der Waals surface area contributed by atoms with Crippen LogP contribution in [0.4, 0.5) is 14.7 Å². The van der Waals surface area contributed by atoms with Gasteiger partial charge in [-0.1, -0.05) is 30.0 Å². The lowest BCUT2D eigenvalue weighted by atomic mass is 10.2. The third-order valence-corrected chi connectivity index (χ3v) is 4.01. The quantitative estimate of drug-likeness (QED) is 0.692. The molecule has 0 atom stereocenters. The smallest absolute Gasteiger partial charge is 0.258 e. The summed E-state index contributed by atoms with van der Waals surface area (Å²) >= 11 is 1.24. The number of nitrogens with one attached hydrogen (secondary N) is 2. The van der Waals surface area contributed by atoms with Crippen molar-refractivity contribution in [1.29, 1.82) is 0 Å². The summed E-state index contributed by atoms with van der Waals surface area (Å²) in [5.41, 5.74) is 0.845. The fraction of sp³-hybridized carbons (Fsp3) is 0.0625. The van der Waals surface area contributed by atoms with Gasteiger partial charge in [0.05, 0.1) is 0 Å². The van der Waals surface area contributed by atoms with E-state index in [1.807, 2.05) is 0 Å². The molecule has 0 unspecified atom stereocenters. The Morgan fingerprint density at radius 3 is 2.62 bits per heavy atom. The number of anilines is 1. The maximum Gasteiger partial charge on any atom is 0.258 e. The molecule has 8 heteroatoms. The van der Waals surface area contributed by atoms with Crippen LogP contribution in [0.3, 0.4) is 0 Å². The van der Waals surface area contributed by atoms with Crippen molar-refractivity contribution in [3.63, 3.8) is 0 Å². The molecule has 0 saturated carbocycles. The third kappa shape index (κ3) is 3.96. The zero-order chi connectivity index (χ0) is 16.9. The molecule has 0 saturated heterocycles. The van der Waals surface area contributed by atoms with E-state index in [2.05, 4.69) is 20.5 Å². The van der Waals surface area contributed by atoms with Gasteiger partial charge >= 0.3 is 0 Å². The van der Waals surface area contributed by atoms with Gasteiger partial charge in [0, 0.05) is 11.3 Å². The van der Waals surface area contributed by atoms with E-state index in [1.54, 1.807) is 18.2 Å². The molecule has 0 aliphatic heterocycles. The summed E-state index contributed by atoms with van der Waals surface area (Å²) < 4.78 is 26.4. The topological polar surface area (TPSA) is 70.7 Å². The van der Waals surface area contributed by atoms with E-state index in [1.165, 1.54) is 42.1 Å². The van der Waals surface area contributed by atoms with E-state index in [4.69, 9.17) is 0 Å². The van der Waals surface area contributed by atoms with Crippen molar-refractivity contribution in [2.45, 2.75) is 10.9 Å². The molecule has 3 rings (SSSR count). The first-order chi connectivity index (χ1) is 11.6. The highest BCUT2D eigenvalue weighted by Crippen LogP contribution is 2.21. The predicted octanol–water partition coefficient (Wildman–Crippen LogP) is 3.63. The number of amides is 1. The maximum atomic E-state index is 13.5. The van der Waals surface area contributed by atoms with Crippen molar-refractivity contribution < 1.29 is 13.6 Å². The summed E-state index contributed by atoms with van der Waals surface area (Å²) in [6.45, 7) is 0. The van der Waals surface area contributed by atoms with E-state index in [0.29, 0.717) is 22.0 Å². The molecule has 5 nitrogen and oxygen atoms in total. The van der Waals surface area contributed by atoms with Crippen molar-refractivity contribution in [2.24, 2.45) is 0 Å². The summed E-state index contributed by atoms with van der Waals surface area (Å²) in [5, 5.41) is 9.45. The Hall–Kier alpha value is -2.74. The molecule has 0 aliphatic carbocycles. The Morgan fingerprint density at radius 2 is 1.88 bits per heavy atom. The lowest BCUT2D eigenvalue weighted by Crippen LogP contribution is -2.12. The highest BCUT2D eigenvalue weighted by molar-refractivity contribution is 7.98. The first-order valence-corrected chi connectivity index (χ1v) is 7.96. The van der Waals surface area contributed by atoms with E-state index in [0.717, 1.165) is 0 Å². The summed E-state index contributed by atoms with van der Waals surface area (Å²) in [6, 6.07) is 11.6. The average molecular weight is 346 g/mol. The van der Waals surface area contributed by atoms with E-state index < -0.39 is 11.7 Å².